The Morgan fingerprint density at radius 2 is 1.77 bits per heavy atom. The SMILES string of the molecule is Cl.Cl.O=C(c1cn2c(n1)CCNCC2)N1CCC(c2nnc3n2CCCCC3)CC1. The molecule has 0 unspecified atom stereocenters. The smallest absolute Gasteiger partial charge is 0.274 e. The Morgan fingerprint density at radius 1 is 0.933 bits per heavy atom. The molecule has 3 aliphatic heterocycles. The van der Waals surface area contributed by atoms with Crippen LogP contribution in [0.15, 0.2) is 6.20 Å². The highest BCUT2D eigenvalue weighted by molar-refractivity contribution is 5.92. The number of aromatic nitrogens is 5. The van der Waals surface area contributed by atoms with Gasteiger partial charge in [0, 0.05) is 64.2 Å². The van der Waals surface area contributed by atoms with Crippen molar-refractivity contribution in [3.8, 4) is 0 Å². The second kappa shape index (κ2) is 10.1. The van der Waals surface area contributed by atoms with E-state index in [4.69, 9.17) is 0 Å². The topological polar surface area (TPSA) is 80.9 Å². The summed E-state index contributed by atoms with van der Waals surface area (Å²) in [5.74, 6) is 3.81. The van der Waals surface area contributed by atoms with Crippen LogP contribution in [0.3, 0.4) is 0 Å². The number of fused-ring (bicyclic) bond motifs is 2. The molecular formula is C20H31Cl2N7O. The molecule has 1 saturated heterocycles. The predicted molar refractivity (Wildman–Crippen MR) is 119 cm³/mol. The molecule has 5 heterocycles. The zero-order valence-corrected chi connectivity index (χ0v) is 18.9. The lowest BCUT2D eigenvalue weighted by Crippen LogP contribution is -2.38. The van der Waals surface area contributed by atoms with Gasteiger partial charge in [0.05, 0.1) is 0 Å². The van der Waals surface area contributed by atoms with Gasteiger partial charge in [0.1, 0.15) is 23.2 Å². The Balaban J connectivity index is 0.00000128. The van der Waals surface area contributed by atoms with Gasteiger partial charge >= 0.3 is 0 Å². The molecule has 0 atom stereocenters. The number of nitrogens with one attached hydrogen (secondary N) is 1. The van der Waals surface area contributed by atoms with E-state index in [1.165, 1.54) is 19.3 Å². The van der Waals surface area contributed by atoms with Gasteiger partial charge < -0.3 is 19.4 Å². The molecule has 0 aliphatic carbocycles. The molecule has 30 heavy (non-hydrogen) atoms. The summed E-state index contributed by atoms with van der Waals surface area (Å²) < 4.78 is 4.49. The predicted octanol–water partition coefficient (Wildman–Crippen LogP) is 2.21. The van der Waals surface area contributed by atoms with Crippen molar-refractivity contribution in [2.75, 3.05) is 26.2 Å². The maximum absolute atomic E-state index is 13.0. The molecule has 0 spiro atoms. The number of hydrogen-bond donors (Lipinski definition) is 1. The lowest BCUT2D eigenvalue weighted by atomic mass is 9.95. The summed E-state index contributed by atoms with van der Waals surface area (Å²) in [5.41, 5.74) is 0.603. The van der Waals surface area contributed by atoms with Gasteiger partial charge in [-0.25, -0.2) is 4.98 Å². The highest BCUT2D eigenvalue weighted by atomic mass is 35.5. The lowest BCUT2D eigenvalue weighted by molar-refractivity contribution is 0.0704. The van der Waals surface area contributed by atoms with Gasteiger partial charge in [-0.15, -0.1) is 35.0 Å². The number of nitrogens with zero attached hydrogens (tertiary/aromatic N) is 6. The molecule has 1 fully saturated rings. The molecule has 1 amide bonds. The molecule has 3 aliphatic rings. The summed E-state index contributed by atoms with van der Waals surface area (Å²) in [6.07, 6.45) is 9.50. The van der Waals surface area contributed by atoms with Gasteiger partial charge in [0.15, 0.2) is 0 Å². The van der Waals surface area contributed by atoms with Crippen molar-refractivity contribution in [1.29, 1.82) is 0 Å². The van der Waals surface area contributed by atoms with Crippen molar-refractivity contribution >= 4 is 30.7 Å². The van der Waals surface area contributed by atoms with Crippen LogP contribution in [-0.4, -0.2) is 61.3 Å². The third-order valence-corrected chi connectivity index (χ3v) is 6.42. The fourth-order valence-electron chi connectivity index (χ4n) is 4.79. The summed E-state index contributed by atoms with van der Waals surface area (Å²) in [4.78, 5) is 19.6. The van der Waals surface area contributed by atoms with E-state index < -0.39 is 0 Å². The van der Waals surface area contributed by atoms with Crippen molar-refractivity contribution in [2.24, 2.45) is 0 Å². The van der Waals surface area contributed by atoms with Crippen molar-refractivity contribution in [3.05, 3.63) is 29.4 Å². The van der Waals surface area contributed by atoms with Crippen molar-refractivity contribution < 1.29 is 4.79 Å². The third kappa shape index (κ3) is 4.50. The Kier molecular flexibility index (Phi) is 7.76. The summed E-state index contributed by atoms with van der Waals surface area (Å²) in [5, 5.41) is 12.4. The van der Waals surface area contributed by atoms with Crippen LogP contribution in [0.1, 0.15) is 66.0 Å². The minimum atomic E-state index is 0. The van der Waals surface area contributed by atoms with Crippen molar-refractivity contribution in [3.63, 3.8) is 0 Å². The molecule has 0 radical (unpaired) electrons. The second-order valence-electron chi connectivity index (χ2n) is 8.24. The van der Waals surface area contributed by atoms with Crippen molar-refractivity contribution in [1.82, 2.24) is 34.5 Å². The van der Waals surface area contributed by atoms with Crippen LogP contribution in [0, 0.1) is 0 Å². The number of halogens is 2. The number of carbonyl (C=O) groups excluding carboxylic acids is 1. The molecule has 1 N–H and O–H groups in total. The van der Waals surface area contributed by atoms with E-state index in [0.29, 0.717) is 11.6 Å². The Hall–Kier alpha value is -1.64. The summed E-state index contributed by atoms with van der Waals surface area (Å²) in [7, 11) is 0. The van der Waals surface area contributed by atoms with Gasteiger partial charge in [0.2, 0.25) is 0 Å². The van der Waals surface area contributed by atoms with E-state index >= 15 is 0 Å². The second-order valence-corrected chi connectivity index (χ2v) is 8.24. The number of aryl methyl sites for hydroxylation is 1. The molecular weight excluding hydrogens is 425 g/mol. The minimum absolute atomic E-state index is 0. The van der Waals surface area contributed by atoms with Gasteiger partial charge in [-0.1, -0.05) is 6.42 Å². The number of amides is 1. The minimum Gasteiger partial charge on any atom is -0.337 e. The highest BCUT2D eigenvalue weighted by Crippen LogP contribution is 2.29. The van der Waals surface area contributed by atoms with Crippen LogP contribution in [-0.2, 0) is 25.9 Å². The molecule has 2 aromatic heterocycles. The number of likely N-dealkylation sites (tertiary alicyclic amines) is 1. The van der Waals surface area contributed by atoms with E-state index in [1.54, 1.807) is 0 Å². The van der Waals surface area contributed by atoms with Crippen LogP contribution >= 0.6 is 24.8 Å². The van der Waals surface area contributed by atoms with Crippen LogP contribution in [0.4, 0.5) is 0 Å². The van der Waals surface area contributed by atoms with Crippen LogP contribution in [0.5, 0.6) is 0 Å². The lowest BCUT2D eigenvalue weighted by Gasteiger charge is -2.31. The van der Waals surface area contributed by atoms with Gasteiger partial charge in [-0.2, -0.15) is 0 Å². The first kappa shape index (κ1) is 23.0. The standard InChI is InChI=1S/C20H29N7O.2ClH/c28-20(16-14-26-13-9-21-8-5-17(26)22-16)25-11-6-15(7-12-25)19-24-23-18-4-2-1-3-10-27(18)19;;/h14-15,21H,1-13H2;2*1H. The quantitative estimate of drug-likeness (QED) is 0.750. The zero-order chi connectivity index (χ0) is 18.9. The molecule has 0 saturated carbocycles. The van der Waals surface area contributed by atoms with E-state index in [-0.39, 0.29) is 30.7 Å². The van der Waals surface area contributed by atoms with E-state index in [1.807, 2.05) is 11.1 Å². The van der Waals surface area contributed by atoms with Gasteiger partial charge in [-0.3, -0.25) is 4.79 Å². The fourth-order valence-corrected chi connectivity index (χ4v) is 4.79. The Bertz CT molecular complexity index is 834. The van der Waals surface area contributed by atoms with Gasteiger partial charge in [0.25, 0.3) is 5.91 Å². The first-order valence-corrected chi connectivity index (χ1v) is 10.8. The number of imidazole rings is 1. The average Bonchev–Trinajstić information content (AvgIpc) is 3.15. The van der Waals surface area contributed by atoms with Gasteiger partial charge in [-0.05, 0) is 25.7 Å². The molecule has 8 nitrogen and oxygen atoms in total. The first-order chi connectivity index (χ1) is 13.8. The highest BCUT2D eigenvalue weighted by Gasteiger charge is 2.30. The van der Waals surface area contributed by atoms with Crippen LogP contribution in [0.25, 0.3) is 0 Å². The molecule has 10 heteroatoms. The summed E-state index contributed by atoms with van der Waals surface area (Å²) in [6, 6.07) is 0. The largest absolute Gasteiger partial charge is 0.337 e. The molecule has 0 bridgehead atoms. The van der Waals surface area contributed by atoms with Crippen LogP contribution < -0.4 is 5.32 Å². The number of carbonyl (C=O) groups is 1. The molecule has 166 valence electrons. The number of hydrogen-bond acceptors (Lipinski definition) is 5. The Labute approximate surface area is 189 Å². The maximum Gasteiger partial charge on any atom is 0.274 e. The van der Waals surface area contributed by atoms with Crippen molar-refractivity contribution in [2.45, 2.75) is 64.0 Å². The summed E-state index contributed by atoms with van der Waals surface area (Å²) in [6.45, 7) is 5.34. The van der Waals surface area contributed by atoms with Crippen LogP contribution in [0.2, 0.25) is 0 Å². The van der Waals surface area contributed by atoms with E-state index in [2.05, 4.69) is 29.6 Å². The zero-order valence-electron chi connectivity index (χ0n) is 17.3. The maximum atomic E-state index is 13.0. The third-order valence-electron chi connectivity index (χ3n) is 6.42. The van der Waals surface area contributed by atoms with E-state index in [9.17, 15) is 4.79 Å². The van der Waals surface area contributed by atoms with E-state index in [0.717, 1.165) is 82.4 Å². The Morgan fingerprint density at radius 3 is 2.60 bits per heavy atom. The fraction of sp³-hybridized carbons (Fsp3) is 0.700. The molecule has 5 rings (SSSR count). The summed E-state index contributed by atoms with van der Waals surface area (Å²) >= 11 is 0. The normalized spacial score (nSPS) is 19.5. The number of rotatable bonds is 2. The first-order valence-electron chi connectivity index (χ1n) is 10.8. The molecule has 2 aromatic rings. The molecule has 0 aromatic carbocycles. The average molecular weight is 456 g/mol. The monoisotopic (exact) mass is 455 g/mol. The number of piperidine rings is 1.